The van der Waals surface area contributed by atoms with Crippen LogP contribution in [0.4, 0.5) is 10.5 Å². The van der Waals surface area contributed by atoms with Gasteiger partial charge in [0.05, 0.1) is 36.3 Å². The van der Waals surface area contributed by atoms with E-state index in [1.54, 1.807) is 41.9 Å². The maximum absolute atomic E-state index is 13.8. The van der Waals surface area contributed by atoms with Crippen LogP contribution in [-0.2, 0) is 4.74 Å². The lowest BCUT2D eigenvalue weighted by atomic mass is 10.1. The maximum atomic E-state index is 13.8. The predicted molar refractivity (Wildman–Crippen MR) is 149 cm³/mol. The van der Waals surface area contributed by atoms with Crippen LogP contribution >= 0.6 is 15.9 Å². The number of urea groups is 1. The molecular weight excluding hydrogens is 536 g/mol. The van der Waals surface area contributed by atoms with Crippen molar-refractivity contribution in [3.8, 4) is 11.4 Å². The molecule has 2 amide bonds. The number of rotatable bonds is 9. The van der Waals surface area contributed by atoms with Crippen LogP contribution in [0.15, 0.2) is 82.1 Å². The standard InChI is InChI=1S/C28H29BrN4O4/c1-4-25(32(16-17-36-2)28(35)30-20-9-7-8-19(29)18-20)26-31-24-11-6-5-10-23(24)27(34)33(26)21-12-14-22(37-3)15-13-21/h5-15,18,25H,4,16-17H2,1-3H3,(H,30,35). The van der Waals surface area contributed by atoms with Crippen LogP contribution in [0, 0.1) is 0 Å². The summed E-state index contributed by atoms with van der Waals surface area (Å²) in [5.74, 6) is 1.14. The number of nitrogens with zero attached hydrogens (tertiary/aromatic N) is 3. The predicted octanol–water partition coefficient (Wildman–Crippen LogP) is 5.79. The van der Waals surface area contributed by atoms with E-state index in [1.165, 1.54) is 0 Å². The molecule has 192 valence electrons. The van der Waals surface area contributed by atoms with E-state index >= 15 is 0 Å². The summed E-state index contributed by atoms with van der Waals surface area (Å²) in [6, 6.07) is 21.0. The fraction of sp³-hybridized carbons (Fsp3) is 0.250. The van der Waals surface area contributed by atoms with Gasteiger partial charge >= 0.3 is 6.03 Å². The number of halogens is 1. The average Bonchev–Trinajstić information content (AvgIpc) is 2.91. The molecule has 1 unspecified atom stereocenters. The van der Waals surface area contributed by atoms with Gasteiger partial charge in [0.1, 0.15) is 11.6 Å². The first kappa shape index (κ1) is 26.4. The van der Waals surface area contributed by atoms with E-state index in [4.69, 9.17) is 14.5 Å². The Kier molecular flexibility index (Phi) is 8.58. The SMILES string of the molecule is CCC(c1nc2ccccc2c(=O)n1-c1ccc(OC)cc1)N(CCOC)C(=O)Nc1cccc(Br)c1. The normalized spacial score (nSPS) is 11.8. The molecule has 0 fully saturated rings. The van der Waals surface area contributed by atoms with Crippen LogP contribution in [0.1, 0.15) is 25.2 Å². The zero-order valence-corrected chi connectivity index (χ0v) is 22.6. The first-order valence-corrected chi connectivity index (χ1v) is 12.7. The van der Waals surface area contributed by atoms with Crippen LogP contribution in [0.25, 0.3) is 16.6 Å². The number of ether oxygens (including phenoxy) is 2. The van der Waals surface area contributed by atoms with Crippen molar-refractivity contribution in [1.82, 2.24) is 14.5 Å². The highest BCUT2D eigenvalue weighted by Gasteiger charge is 2.29. The molecule has 37 heavy (non-hydrogen) atoms. The molecule has 0 aliphatic rings. The molecule has 0 aliphatic carbocycles. The largest absolute Gasteiger partial charge is 0.497 e. The second kappa shape index (κ2) is 12.0. The number of para-hydroxylation sites is 1. The molecule has 0 aliphatic heterocycles. The van der Waals surface area contributed by atoms with E-state index < -0.39 is 6.04 Å². The van der Waals surface area contributed by atoms with Gasteiger partial charge in [0.25, 0.3) is 5.56 Å². The van der Waals surface area contributed by atoms with E-state index in [-0.39, 0.29) is 11.6 Å². The summed E-state index contributed by atoms with van der Waals surface area (Å²) >= 11 is 3.45. The Morgan fingerprint density at radius 1 is 1.08 bits per heavy atom. The molecule has 1 aromatic heterocycles. The highest BCUT2D eigenvalue weighted by molar-refractivity contribution is 9.10. The fourth-order valence-corrected chi connectivity index (χ4v) is 4.65. The zero-order valence-electron chi connectivity index (χ0n) is 21.0. The number of anilines is 1. The van der Waals surface area contributed by atoms with Crippen LogP contribution in [0.2, 0.25) is 0 Å². The number of fused-ring (bicyclic) bond motifs is 1. The summed E-state index contributed by atoms with van der Waals surface area (Å²) < 4.78 is 13.1. The molecule has 0 radical (unpaired) electrons. The van der Waals surface area contributed by atoms with Crippen molar-refractivity contribution in [3.05, 3.63) is 93.4 Å². The highest BCUT2D eigenvalue weighted by Crippen LogP contribution is 2.27. The molecular formula is C28H29BrN4O4. The summed E-state index contributed by atoms with van der Waals surface area (Å²) in [6.07, 6.45) is 0.524. The van der Waals surface area contributed by atoms with Crippen LogP contribution in [0.5, 0.6) is 5.75 Å². The van der Waals surface area contributed by atoms with Gasteiger partial charge in [-0.05, 0) is 61.0 Å². The Morgan fingerprint density at radius 3 is 2.51 bits per heavy atom. The minimum Gasteiger partial charge on any atom is -0.497 e. The number of benzene rings is 3. The third kappa shape index (κ3) is 5.84. The van der Waals surface area contributed by atoms with Crippen LogP contribution in [0.3, 0.4) is 0 Å². The van der Waals surface area contributed by atoms with Crippen molar-refractivity contribution < 1.29 is 14.3 Å². The molecule has 0 spiro atoms. The molecule has 1 atom stereocenters. The van der Waals surface area contributed by atoms with Crippen molar-refractivity contribution >= 4 is 38.6 Å². The van der Waals surface area contributed by atoms with Crippen molar-refractivity contribution in [2.75, 3.05) is 32.7 Å². The van der Waals surface area contributed by atoms with E-state index in [0.29, 0.717) is 53.4 Å². The zero-order chi connectivity index (χ0) is 26.4. The number of carbonyl (C=O) groups excluding carboxylic acids is 1. The van der Waals surface area contributed by atoms with Crippen LogP contribution in [-0.4, -0.2) is 47.9 Å². The first-order valence-electron chi connectivity index (χ1n) is 11.9. The van der Waals surface area contributed by atoms with Gasteiger partial charge in [-0.2, -0.15) is 0 Å². The number of hydrogen-bond donors (Lipinski definition) is 1. The van der Waals surface area contributed by atoms with Crippen molar-refractivity contribution in [3.63, 3.8) is 0 Å². The van der Waals surface area contributed by atoms with E-state index in [2.05, 4.69) is 21.2 Å². The van der Waals surface area contributed by atoms with Crippen molar-refractivity contribution in [2.24, 2.45) is 0 Å². The number of methoxy groups -OCH3 is 2. The second-order valence-corrected chi connectivity index (χ2v) is 9.29. The second-order valence-electron chi connectivity index (χ2n) is 8.38. The lowest BCUT2D eigenvalue weighted by molar-refractivity contribution is 0.131. The molecule has 9 heteroatoms. The number of hydrogen-bond acceptors (Lipinski definition) is 5. The molecule has 0 saturated carbocycles. The molecule has 0 saturated heterocycles. The Hall–Kier alpha value is -3.69. The summed E-state index contributed by atoms with van der Waals surface area (Å²) in [7, 11) is 3.18. The van der Waals surface area contributed by atoms with Gasteiger partial charge in [-0.15, -0.1) is 0 Å². The Morgan fingerprint density at radius 2 is 1.84 bits per heavy atom. The van der Waals surface area contributed by atoms with E-state index in [1.807, 2.05) is 61.5 Å². The van der Waals surface area contributed by atoms with Gasteiger partial charge in [0.2, 0.25) is 0 Å². The van der Waals surface area contributed by atoms with Gasteiger partial charge in [-0.25, -0.2) is 9.78 Å². The molecule has 4 aromatic rings. The lowest BCUT2D eigenvalue weighted by Crippen LogP contribution is -2.42. The van der Waals surface area contributed by atoms with E-state index in [9.17, 15) is 9.59 Å². The fourth-order valence-electron chi connectivity index (χ4n) is 4.25. The molecule has 4 rings (SSSR count). The van der Waals surface area contributed by atoms with Crippen molar-refractivity contribution in [2.45, 2.75) is 19.4 Å². The van der Waals surface area contributed by atoms with Gasteiger partial charge in [0, 0.05) is 23.8 Å². The van der Waals surface area contributed by atoms with Gasteiger partial charge in [-0.1, -0.05) is 41.1 Å². The average molecular weight is 565 g/mol. The van der Waals surface area contributed by atoms with Gasteiger partial charge in [0.15, 0.2) is 0 Å². The molecule has 0 bridgehead atoms. The summed E-state index contributed by atoms with van der Waals surface area (Å²) in [5, 5.41) is 3.47. The monoisotopic (exact) mass is 564 g/mol. The minimum atomic E-state index is -0.512. The minimum absolute atomic E-state index is 0.205. The van der Waals surface area contributed by atoms with Crippen LogP contribution < -0.4 is 15.6 Å². The number of aromatic nitrogens is 2. The number of carbonyl (C=O) groups is 1. The highest BCUT2D eigenvalue weighted by atomic mass is 79.9. The van der Waals surface area contributed by atoms with Crippen molar-refractivity contribution in [1.29, 1.82) is 0 Å². The summed E-state index contributed by atoms with van der Waals surface area (Å²) in [4.78, 5) is 34.0. The molecule has 1 heterocycles. The third-order valence-electron chi connectivity index (χ3n) is 6.07. The van der Waals surface area contributed by atoms with Gasteiger partial charge in [-0.3, -0.25) is 9.36 Å². The summed E-state index contributed by atoms with van der Waals surface area (Å²) in [5.41, 5.74) is 1.65. The topological polar surface area (TPSA) is 85.7 Å². The summed E-state index contributed by atoms with van der Waals surface area (Å²) in [6.45, 7) is 2.60. The Labute approximate surface area is 224 Å². The van der Waals surface area contributed by atoms with E-state index in [0.717, 1.165) is 4.47 Å². The maximum Gasteiger partial charge on any atom is 0.322 e. The smallest absolute Gasteiger partial charge is 0.322 e. The molecule has 8 nitrogen and oxygen atoms in total. The Bertz CT molecular complexity index is 1440. The quantitative estimate of drug-likeness (QED) is 0.278. The molecule has 3 aromatic carbocycles. The number of amides is 2. The third-order valence-corrected chi connectivity index (χ3v) is 6.56. The first-order chi connectivity index (χ1) is 18.0. The molecule has 1 N–H and O–H groups in total. The number of nitrogens with one attached hydrogen (secondary N) is 1. The van der Waals surface area contributed by atoms with Gasteiger partial charge < -0.3 is 19.7 Å². The Balaban J connectivity index is 1.86. The lowest BCUT2D eigenvalue weighted by Gasteiger charge is -2.32.